The Bertz CT molecular complexity index is 480. The maximum Gasteiger partial charge on any atom is 0.301 e. The zero-order valence-electron chi connectivity index (χ0n) is 11.8. The van der Waals surface area contributed by atoms with Crippen LogP contribution in [-0.2, 0) is 10.2 Å². The number of thiophene rings is 1. The van der Waals surface area contributed by atoms with E-state index in [-0.39, 0.29) is 0 Å². The molecule has 0 spiro atoms. The molecule has 1 saturated heterocycles. The number of hydrogen-bond acceptors (Lipinski definition) is 4. The van der Waals surface area contributed by atoms with Crippen LogP contribution in [0.4, 0.5) is 5.69 Å². The maximum absolute atomic E-state index is 12.2. The fraction of sp³-hybridized carbons (Fsp3) is 0.692. The molecule has 0 aromatic carbocycles. The number of hydrogen-bond donors (Lipinski definition) is 2. The summed E-state index contributed by atoms with van der Waals surface area (Å²) in [5, 5.41) is 7.08. The molecule has 0 amide bonds. The van der Waals surface area contributed by atoms with Gasteiger partial charge in [-0.3, -0.25) is 4.72 Å². The maximum atomic E-state index is 12.2. The first-order chi connectivity index (χ1) is 9.62. The van der Waals surface area contributed by atoms with Gasteiger partial charge in [-0.05, 0) is 49.7 Å². The van der Waals surface area contributed by atoms with Gasteiger partial charge in [0.25, 0.3) is 0 Å². The lowest BCUT2D eigenvalue weighted by molar-refractivity contribution is 0.269. The minimum Gasteiger partial charge on any atom is -0.316 e. The molecule has 0 radical (unpaired) electrons. The highest BCUT2D eigenvalue weighted by Gasteiger charge is 2.27. The van der Waals surface area contributed by atoms with Crippen LogP contribution in [0.1, 0.15) is 26.2 Å². The summed E-state index contributed by atoms with van der Waals surface area (Å²) in [5.74, 6) is 0.592. The van der Waals surface area contributed by atoms with Crippen molar-refractivity contribution in [3.05, 3.63) is 16.8 Å². The molecule has 1 aliphatic heterocycles. The molecule has 1 aliphatic rings. The third kappa shape index (κ3) is 4.44. The minimum atomic E-state index is -3.39. The second-order valence-corrected chi connectivity index (χ2v) is 7.62. The molecule has 0 unspecified atom stereocenters. The van der Waals surface area contributed by atoms with Crippen molar-refractivity contribution in [3.63, 3.8) is 0 Å². The molecule has 0 aliphatic carbocycles. The Hall–Kier alpha value is -0.630. The summed E-state index contributed by atoms with van der Waals surface area (Å²) >= 11 is 1.48. The predicted molar refractivity (Wildman–Crippen MR) is 84.3 cm³/mol. The molecule has 2 N–H and O–H groups in total. The van der Waals surface area contributed by atoms with Crippen LogP contribution in [0.25, 0.3) is 0 Å². The van der Waals surface area contributed by atoms with Gasteiger partial charge in [0, 0.05) is 18.5 Å². The number of nitrogens with one attached hydrogen (secondary N) is 2. The zero-order chi connectivity index (χ0) is 14.4. The van der Waals surface area contributed by atoms with Gasteiger partial charge >= 0.3 is 10.2 Å². The van der Waals surface area contributed by atoms with Crippen LogP contribution in [0.5, 0.6) is 0 Å². The molecule has 20 heavy (non-hydrogen) atoms. The van der Waals surface area contributed by atoms with Crippen molar-refractivity contribution in [2.75, 3.05) is 30.9 Å². The highest BCUT2D eigenvalue weighted by Crippen LogP contribution is 2.21. The molecule has 1 aromatic heterocycles. The third-order valence-electron chi connectivity index (χ3n) is 3.54. The molecule has 5 nitrogen and oxygen atoms in total. The van der Waals surface area contributed by atoms with Crippen molar-refractivity contribution in [1.82, 2.24) is 9.62 Å². The molecule has 7 heteroatoms. The van der Waals surface area contributed by atoms with E-state index in [1.807, 2.05) is 5.38 Å². The summed E-state index contributed by atoms with van der Waals surface area (Å²) in [4.78, 5) is 0. The van der Waals surface area contributed by atoms with Gasteiger partial charge in [0.05, 0.1) is 5.69 Å². The fourth-order valence-corrected chi connectivity index (χ4v) is 4.28. The molecule has 114 valence electrons. The molecule has 2 heterocycles. The second-order valence-electron chi connectivity index (χ2n) is 5.17. The second kappa shape index (κ2) is 7.40. The Labute approximate surface area is 125 Å². The van der Waals surface area contributed by atoms with Crippen molar-refractivity contribution < 1.29 is 8.42 Å². The van der Waals surface area contributed by atoms with Crippen LogP contribution < -0.4 is 10.0 Å². The van der Waals surface area contributed by atoms with Crippen LogP contribution in [0, 0.1) is 5.92 Å². The van der Waals surface area contributed by atoms with Gasteiger partial charge in [-0.1, -0.05) is 6.92 Å². The van der Waals surface area contributed by atoms with Crippen molar-refractivity contribution in [2.45, 2.75) is 26.2 Å². The van der Waals surface area contributed by atoms with Crippen molar-refractivity contribution in [3.8, 4) is 0 Å². The SMILES string of the molecule is CCCNCC1CCN(S(=O)(=O)Nc2ccsc2)CC1. The Kier molecular flexibility index (Phi) is 5.83. The predicted octanol–water partition coefficient (Wildman–Crippen LogP) is 2.12. The van der Waals surface area contributed by atoms with E-state index in [0.717, 1.165) is 32.4 Å². The van der Waals surface area contributed by atoms with Gasteiger partial charge in [0.1, 0.15) is 0 Å². The van der Waals surface area contributed by atoms with E-state index in [0.29, 0.717) is 24.7 Å². The first-order valence-corrected chi connectivity index (χ1v) is 9.51. The van der Waals surface area contributed by atoms with Crippen molar-refractivity contribution in [2.24, 2.45) is 5.92 Å². The average molecular weight is 317 g/mol. The Morgan fingerprint density at radius 2 is 2.15 bits per heavy atom. The monoisotopic (exact) mass is 317 g/mol. The standard InChI is InChI=1S/C13H23N3O2S2/c1-2-6-14-10-12-3-7-16(8-4-12)20(17,18)15-13-5-9-19-11-13/h5,9,11-12,14-15H,2-4,6-8,10H2,1H3. The Balaban J connectivity index is 1.80. The van der Waals surface area contributed by atoms with Gasteiger partial charge in [-0.25, -0.2) is 0 Å². The van der Waals surface area contributed by atoms with Crippen LogP contribution in [0.2, 0.25) is 0 Å². The van der Waals surface area contributed by atoms with E-state index in [9.17, 15) is 8.42 Å². The van der Waals surface area contributed by atoms with Crippen LogP contribution >= 0.6 is 11.3 Å². The average Bonchev–Trinajstić information content (AvgIpc) is 2.92. The van der Waals surface area contributed by atoms with E-state index < -0.39 is 10.2 Å². The van der Waals surface area contributed by atoms with E-state index >= 15 is 0 Å². The molecular formula is C13H23N3O2S2. The van der Waals surface area contributed by atoms with E-state index in [4.69, 9.17) is 0 Å². The first kappa shape index (κ1) is 15.8. The lowest BCUT2D eigenvalue weighted by Crippen LogP contribution is -2.43. The molecule has 0 bridgehead atoms. The summed E-state index contributed by atoms with van der Waals surface area (Å²) < 4.78 is 28.6. The van der Waals surface area contributed by atoms with Crippen LogP contribution in [-0.4, -0.2) is 38.9 Å². The molecule has 0 saturated carbocycles. The minimum absolute atomic E-state index is 0.592. The molecule has 1 aromatic rings. The quantitative estimate of drug-likeness (QED) is 0.757. The zero-order valence-corrected chi connectivity index (χ0v) is 13.5. The summed E-state index contributed by atoms with van der Waals surface area (Å²) in [6.07, 6.45) is 3.00. The van der Waals surface area contributed by atoms with E-state index in [1.54, 1.807) is 15.8 Å². The Morgan fingerprint density at radius 1 is 1.40 bits per heavy atom. The normalized spacial score (nSPS) is 18.2. The summed E-state index contributed by atoms with van der Waals surface area (Å²) in [7, 11) is -3.39. The van der Waals surface area contributed by atoms with Crippen LogP contribution in [0.15, 0.2) is 16.8 Å². The Morgan fingerprint density at radius 3 is 2.75 bits per heavy atom. The van der Waals surface area contributed by atoms with Gasteiger partial charge < -0.3 is 5.32 Å². The van der Waals surface area contributed by atoms with Gasteiger partial charge in [0.2, 0.25) is 0 Å². The highest BCUT2D eigenvalue weighted by atomic mass is 32.2. The molecular weight excluding hydrogens is 294 g/mol. The first-order valence-electron chi connectivity index (χ1n) is 7.12. The lowest BCUT2D eigenvalue weighted by atomic mass is 9.98. The largest absolute Gasteiger partial charge is 0.316 e. The number of piperidine rings is 1. The molecule has 2 rings (SSSR count). The van der Waals surface area contributed by atoms with Gasteiger partial charge in [-0.15, -0.1) is 0 Å². The topological polar surface area (TPSA) is 61.4 Å². The number of nitrogens with zero attached hydrogens (tertiary/aromatic N) is 1. The van der Waals surface area contributed by atoms with Crippen molar-refractivity contribution >= 4 is 27.2 Å². The third-order valence-corrected chi connectivity index (χ3v) is 5.76. The van der Waals surface area contributed by atoms with E-state index in [2.05, 4.69) is 17.0 Å². The number of rotatable bonds is 7. The summed E-state index contributed by atoms with van der Waals surface area (Å²) in [6.45, 7) is 5.41. The summed E-state index contributed by atoms with van der Waals surface area (Å²) in [5.41, 5.74) is 0.654. The fourth-order valence-electron chi connectivity index (χ4n) is 2.37. The highest BCUT2D eigenvalue weighted by molar-refractivity contribution is 7.90. The smallest absolute Gasteiger partial charge is 0.301 e. The van der Waals surface area contributed by atoms with Crippen LogP contribution in [0.3, 0.4) is 0 Å². The van der Waals surface area contributed by atoms with Crippen molar-refractivity contribution in [1.29, 1.82) is 0 Å². The molecule has 0 atom stereocenters. The summed E-state index contributed by atoms with van der Waals surface area (Å²) in [6, 6.07) is 1.78. The van der Waals surface area contributed by atoms with E-state index in [1.165, 1.54) is 11.3 Å². The van der Waals surface area contributed by atoms with Gasteiger partial charge in [0.15, 0.2) is 0 Å². The molecule has 1 fully saturated rings. The number of anilines is 1. The van der Waals surface area contributed by atoms with Gasteiger partial charge in [-0.2, -0.15) is 24.1 Å². The lowest BCUT2D eigenvalue weighted by Gasteiger charge is -2.31.